The van der Waals surface area contributed by atoms with Crippen molar-refractivity contribution >= 4 is 22.5 Å². The number of benzene rings is 3. The maximum atomic E-state index is 13.6. The van der Waals surface area contributed by atoms with Gasteiger partial charge in [0, 0.05) is 24.2 Å². The van der Waals surface area contributed by atoms with Crippen LogP contribution in [0, 0.1) is 15.9 Å². The van der Waals surface area contributed by atoms with Crippen molar-refractivity contribution in [2.45, 2.75) is 26.3 Å². The molecule has 1 amide bonds. The molecular weight excluding hydrogens is 451 g/mol. The van der Waals surface area contributed by atoms with E-state index in [1.807, 2.05) is 6.92 Å². The van der Waals surface area contributed by atoms with Gasteiger partial charge in [-0.25, -0.2) is 9.37 Å². The highest BCUT2D eigenvalue weighted by atomic mass is 19.1. The molecule has 8 nitrogen and oxygen atoms in total. The summed E-state index contributed by atoms with van der Waals surface area (Å²) >= 11 is 0. The van der Waals surface area contributed by atoms with Crippen LogP contribution in [0.2, 0.25) is 0 Å². The molecule has 0 saturated carbocycles. The average molecular weight is 474 g/mol. The lowest BCUT2D eigenvalue weighted by molar-refractivity contribution is -0.384. The number of carbonyl (C=O) groups excluding carboxylic acids is 1. The number of nitro groups is 1. The van der Waals surface area contributed by atoms with E-state index in [-0.39, 0.29) is 22.7 Å². The Balaban J connectivity index is 1.85. The molecule has 35 heavy (non-hydrogen) atoms. The summed E-state index contributed by atoms with van der Waals surface area (Å²) in [4.78, 5) is 43.8. The van der Waals surface area contributed by atoms with Gasteiger partial charge in [0.05, 0.1) is 27.6 Å². The number of hydrogen-bond donors (Lipinski definition) is 0. The first-order valence-electron chi connectivity index (χ1n) is 11.1. The van der Waals surface area contributed by atoms with Gasteiger partial charge >= 0.3 is 0 Å². The summed E-state index contributed by atoms with van der Waals surface area (Å²) in [6.07, 6.45) is 0.636. The van der Waals surface area contributed by atoms with Crippen LogP contribution in [0.5, 0.6) is 0 Å². The SMILES string of the molecule is CCCN(C(=O)c1ccc([N+](=O)[O-])cc1)C(C)c1nc2ccccc2c(=O)n1-c1ccc(F)cc1. The smallest absolute Gasteiger partial charge is 0.269 e. The topological polar surface area (TPSA) is 98.3 Å². The Kier molecular flexibility index (Phi) is 6.68. The highest BCUT2D eigenvalue weighted by Gasteiger charge is 2.27. The average Bonchev–Trinajstić information content (AvgIpc) is 2.87. The van der Waals surface area contributed by atoms with Crippen molar-refractivity contribution in [3.63, 3.8) is 0 Å². The molecule has 9 heteroatoms. The number of fused-ring (bicyclic) bond motifs is 1. The fraction of sp³-hybridized carbons (Fsp3) is 0.192. The normalized spacial score (nSPS) is 11.9. The monoisotopic (exact) mass is 474 g/mol. The summed E-state index contributed by atoms with van der Waals surface area (Å²) in [6.45, 7) is 4.06. The molecule has 1 aromatic heterocycles. The van der Waals surface area contributed by atoms with Crippen LogP contribution >= 0.6 is 0 Å². The molecule has 4 aromatic rings. The van der Waals surface area contributed by atoms with E-state index in [1.54, 1.807) is 36.1 Å². The number of hydrogen-bond acceptors (Lipinski definition) is 5. The van der Waals surface area contributed by atoms with Crippen molar-refractivity contribution in [1.29, 1.82) is 0 Å². The predicted molar refractivity (Wildman–Crippen MR) is 130 cm³/mol. The summed E-state index contributed by atoms with van der Waals surface area (Å²) in [5.74, 6) is -0.461. The number of nitro benzene ring substituents is 1. The minimum atomic E-state index is -0.639. The van der Waals surface area contributed by atoms with Crippen LogP contribution in [0.15, 0.2) is 77.6 Å². The van der Waals surface area contributed by atoms with Gasteiger partial charge in [-0.1, -0.05) is 19.1 Å². The van der Waals surface area contributed by atoms with E-state index < -0.39 is 16.8 Å². The van der Waals surface area contributed by atoms with E-state index in [4.69, 9.17) is 4.98 Å². The van der Waals surface area contributed by atoms with Gasteiger partial charge in [0.25, 0.3) is 17.2 Å². The van der Waals surface area contributed by atoms with E-state index in [0.29, 0.717) is 35.4 Å². The summed E-state index contributed by atoms with van der Waals surface area (Å²) < 4.78 is 15.0. The minimum Gasteiger partial charge on any atom is -0.329 e. The molecule has 0 N–H and O–H groups in total. The number of non-ortho nitro benzene ring substituents is 1. The molecule has 0 aliphatic heterocycles. The van der Waals surface area contributed by atoms with Crippen molar-refractivity contribution in [1.82, 2.24) is 14.5 Å². The zero-order chi connectivity index (χ0) is 25.1. The molecule has 0 spiro atoms. The first-order chi connectivity index (χ1) is 16.8. The second kappa shape index (κ2) is 9.84. The van der Waals surface area contributed by atoms with Crippen LogP contribution in [0.4, 0.5) is 10.1 Å². The van der Waals surface area contributed by atoms with Gasteiger partial charge in [-0.05, 0) is 61.9 Å². The fourth-order valence-electron chi connectivity index (χ4n) is 4.01. The largest absolute Gasteiger partial charge is 0.329 e. The third-order valence-electron chi connectivity index (χ3n) is 5.78. The fourth-order valence-corrected chi connectivity index (χ4v) is 4.01. The molecule has 0 aliphatic rings. The van der Waals surface area contributed by atoms with E-state index in [1.165, 1.54) is 53.1 Å². The molecule has 178 valence electrons. The van der Waals surface area contributed by atoms with Gasteiger partial charge in [0.15, 0.2) is 0 Å². The first kappa shape index (κ1) is 23.7. The lowest BCUT2D eigenvalue weighted by atomic mass is 10.1. The summed E-state index contributed by atoms with van der Waals surface area (Å²) in [5.41, 5.74) is 0.751. The molecule has 0 aliphatic carbocycles. The second-order valence-corrected chi connectivity index (χ2v) is 8.08. The minimum absolute atomic E-state index is 0.113. The van der Waals surface area contributed by atoms with Crippen molar-refractivity contribution in [2.24, 2.45) is 0 Å². The maximum Gasteiger partial charge on any atom is 0.269 e. The quantitative estimate of drug-likeness (QED) is 0.276. The van der Waals surface area contributed by atoms with Gasteiger partial charge in [-0.15, -0.1) is 0 Å². The van der Waals surface area contributed by atoms with E-state index in [9.17, 15) is 24.1 Å². The van der Waals surface area contributed by atoms with Crippen LogP contribution in [0.1, 0.15) is 42.5 Å². The lowest BCUT2D eigenvalue weighted by Gasteiger charge is -2.30. The summed E-state index contributed by atoms with van der Waals surface area (Å²) in [6, 6.07) is 17.2. The number of amides is 1. The number of nitrogens with zero attached hydrogens (tertiary/aromatic N) is 4. The third kappa shape index (κ3) is 4.65. The molecular formula is C26H23FN4O4. The molecule has 1 heterocycles. The Morgan fingerprint density at radius 1 is 1.09 bits per heavy atom. The number of aromatic nitrogens is 2. The lowest BCUT2D eigenvalue weighted by Crippen LogP contribution is -2.38. The van der Waals surface area contributed by atoms with Gasteiger partial charge < -0.3 is 4.90 Å². The molecule has 1 unspecified atom stereocenters. The molecule has 0 radical (unpaired) electrons. The van der Waals surface area contributed by atoms with Crippen molar-refractivity contribution in [3.05, 3.63) is 110 Å². The van der Waals surface area contributed by atoms with Gasteiger partial charge in [-0.3, -0.25) is 24.3 Å². The molecule has 0 saturated heterocycles. The Morgan fingerprint density at radius 2 is 1.74 bits per heavy atom. The number of para-hydroxylation sites is 1. The van der Waals surface area contributed by atoms with E-state index in [2.05, 4.69) is 0 Å². The van der Waals surface area contributed by atoms with Gasteiger partial charge in [-0.2, -0.15) is 0 Å². The summed E-state index contributed by atoms with van der Waals surface area (Å²) in [5, 5.41) is 11.4. The van der Waals surface area contributed by atoms with Crippen LogP contribution in [-0.4, -0.2) is 31.8 Å². The standard InChI is InChI=1S/C26H23FN4O4/c1-3-16-29(25(32)18-8-12-21(13-9-18)31(34)35)17(2)24-28-23-7-5-4-6-22(23)26(33)30(24)20-14-10-19(27)11-15-20/h4-15,17H,3,16H2,1-2H3. The molecule has 3 aromatic carbocycles. The van der Waals surface area contributed by atoms with Crippen LogP contribution < -0.4 is 5.56 Å². The van der Waals surface area contributed by atoms with Gasteiger partial charge in [0.1, 0.15) is 11.6 Å². The zero-order valence-corrected chi connectivity index (χ0v) is 19.2. The van der Waals surface area contributed by atoms with Crippen molar-refractivity contribution in [2.75, 3.05) is 6.54 Å². The van der Waals surface area contributed by atoms with E-state index in [0.717, 1.165) is 0 Å². The predicted octanol–water partition coefficient (Wildman–Crippen LogP) is 5.05. The van der Waals surface area contributed by atoms with E-state index >= 15 is 0 Å². The third-order valence-corrected chi connectivity index (χ3v) is 5.78. The first-order valence-corrected chi connectivity index (χ1v) is 11.1. The zero-order valence-electron chi connectivity index (χ0n) is 19.2. The number of rotatable bonds is 7. The highest BCUT2D eigenvalue weighted by Crippen LogP contribution is 2.25. The van der Waals surface area contributed by atoms with Crippen molar-refractivity contribution < 1.29 is 14.1 Å². The Hall–Kier alpha value is -4.40. The number of carbonyl (C=O) groups is 1. The Morgan fingerprint density at radius 3 is 2.37 bits per heavy atom. The maximum absolute atomic E-state index is 13.6. The molecule has 4 rings (SSSR count). The highest BCUT2D eigenvalue weighted by molar-refractivity contribution is 5.94. The van der Waals surface area contributed by atoms with Gasteiger partial charge in [0.2, 0.25) is 0 Å². The van der Waals surface area contributed by atoms with Crippen LogP contribution in [0.3, 0.4) is 0 Å². The second-order valence-electron chi connectivity index (χ2n) is 8.08. The molecule has 1 atom stereocenters. The molecule has 0 bridgehead atoms. The Bertz CT molecular complexity index is 1450. The van der Waals surface area contributed by atoms with Crippen LogP contribution in [0.25, 0.3) is 16.6 Å². The van der Waals surface area contributed by atoms with Crippen molar-refractivity contribution in [3.8, 4) is 5.69 Å². The molecule has 0 fully saturated rings. The summed E-state index contributed by atoms with van der Waals surface area (Å²) in [7, 11) is 0. The number of halogens is 1. The Labute approximate surface area is 200 Å². The van der Waals surface area contributed by atoms with Crippen LogP contribution in [-0.2, 0) is 0 Å².